The van der Waals surface area contributed by atoms with Crippen LogP contribution in [-0.2, 0) is 4.79 Å². The van der Waals surface area contributed by atoms with Crippen molar-refractivity contribution in [3.63, 3.8) is 0 Å². The smallest absolute Gasteiger partial charge is 0.248 e. The summed E-state index contributed by atoms with van der Waals surface area (Å²) in [4.78, 5) is 32.0. The molecule has 1 aromatic heterocycles. The van der Waals surface area contributed by atoms with Gasteiger partial charge in [0.2, 0.25) is 11.5 Å². The van der Waals surface area contributed by atoms with Gasteiger partial charge >= 0.3 is 0 Å². The number of piperidine rings is 3. The first-order valence-corrected chi connectivity index (χ1v) is 9.94. The molecule has 3 fully saturated rings. The number of nitrogens with zero attached hydrogens (tertiary/aromatic N) is 2. The highest BCUT2D eigenvalue weighted by atomic mass is 16.2. The maximum atomic E-state index is 13.1. The lowest BCUT2D eigenvalue weighted by molar-refractivity contribution is -0.141. The van der Waals surface area contributed by atoms with Gasteiger partial charge in [0.05, 0.1) is 5.92 Å². The predicted octanol–water partition coefficient (Wildman–Crippen LogP) is 2.35. The summed E-state index contributed by atoms with van der Waals surface area (Å²) in [6.45, 7) is 4.02. The van der Waals surface area contributed by atoms with E-state index in [2.05, 4.69) is 14.8 Å². The lowest BCUT2D eigenvalue weighted by Gasteiger charge is -2.45. The van der Waals surface area contributed by atoms with E-state index in [0.29, 0.717) is 17.9 Å². The Morgan fingerprint density at radius 3 is 2.60 bits per heavy atom. The number of H-pyrrole nitrogens is 1. The fourth-order valence-corrected chi connectivity index (χ4v) is 5.13. The third-order valence-electron chi connectivity index (χ3n) is 6.48. The SMILES string of the molecule is O=C([C@@H]1CCCN2CCCC[C@H]12)N1CCC(c2cc[nH]c(=O)c2)CC1. The Kier molecular flexibility index (Phi) is 4.93. The van der Waals surface area contributed by atoms with Gasteiger partial charge in [-0.15, -0.1) is 0 Å². The molecule has 4 rings (SSSR count). The summed E-state index contributed by atoms with van der Waals surface area (Å²) in [5, 5.41) is 0. The zero-order chi connectivity index (χ0) is 17.2. The molecule has 25 heavy (non-hydrogen) atoms. The zero-order valence-electron chi connectivity index (χ0n) is 15.0. The van der Waals surface area contributed by atoms with Crippen LogP contribution in [0.25, 0.3) is 0 Å². The Hall–Kier alpha value is -1.62. The van der Waals surface area contributed by atoms with Gasteiger partial charge in [-0.2, -0.15) is 0 Å². The molecule has 0 unspecified atom stereocenters. The number of aromatic nitrogens is 1. The van der Waals surface area contributed by atoms with Crippen LogP contribution in [0.4, 0.5) is 0 Å². The van der Waals surface area contributed by atoms with Crippen molar-refractivity contribution in [2.24, 2.45) is 5.92 Å². The number of fused-ring (bicyclic) bond motifs is 1. The molecule has 5 nitrogen and oxygen atoms in total. The third-order valence-corrected chi connectivity index (χ3v) is 6.48. The summed E-state index contributed by atoms with van der Waals surface area (Å²) < 4.78 is 0. The summed E-state index contributed by atoms with van der Waals surface area (Å²) in [5.74, 6) is 1.01. The highest BCUT2D eigenvalue weighted by Crippen LogP contribution is 2.34. The maximum Gasteiger partial charge on any atom is 0.248 e. The Balaban J connectivity index is 1.38. The number of carbonyl (C=O) groups excluding carboxylic acids is 1. The molecular formula is C20H29N3O2. The third kappa shape index (κ3) is 3.52. The minimum Gasteiger partial charge on any atom is -0.342 e. The van der Waals surface area contributed by atoms with Crippen molar-refractivity contribution in [2.45, 2.75) is 56.9 Å². The van der Waals surface area contributed by atoms with Gasteiger partial charge in [-0.25, -0.2) is 0 Å². The van der Waals surface area contributed by atoms with E-state index in [4.69, 9.17) is 0 Å². The summed E-state index contributed by atoms with van der Waals surface area (Å²) in [7, 11) is 0. The molecule has 5 heteroatoms. The fraction of sp³-hybridized carbons (Fsp3) is 0.700. The van der Waals surface area contributed by atoms with Gasteiger partial charge < -0.3 is 9.88 Å². The number of hydrogen-bond donors (Lipinski definition) is 1. The molecule has 3 aliphatic rings. The van der Waals surface area contributed by atoms with Crippen LogP contribution >= 0.6 is 0 Å². The zero-order valence-corrected chi connectivity index (χ0v) is 15.0. The molecule has 0 spiro atoms. The van der Waals surface area contributed by atoms with E-state index >= 15 is 0 Å². The number of likely N-dealkylation sites (tertiary alicyclic amines) is 1. The van der Waals surface area contributed by atoms with Gasteiger partial charge in [-0.3, -0.25) is 14.5 Å². The van der Waals surface area contributed by atoms with Crippen molar-refractivity contribution in [1.82, 2.24) is 14.8 Å². The molecule has 0 radical (unpaired) electrons. The molecule has 0 saturated carbocycles. The summed E-state index contributed by atoms with van der Waals surface area (Å²) in [6.07, 6.45) is 9.65. The summed E-state index contributed by atoms with van der Waals surface area (Å²) in [6, 6.07) is 4.20. The van der Waals surface area contributed by atoms with Crippen LogP contribution in [0.3, 0.4) is 0 Å². The molecule has 0 bridgehead atoms. The highest BCUT2D eigenvalue weighted by Gasteiger charge is 2.39. The van der Waals surface area contributed by atoms with E-state index < -0.39 is 0 Å². The van der Waals surface area contributed by atoms with Crippen molar-refractivity contribution in [1.29, 1.82) is 0 Å². The van der Waals surface area contributed by atoms with E-state index in [0.717, 1.165) is 44.3 Å². The molecule has 3 saturated heterocycles. The number of rotatable bonds is 2. The van der Waals surface area contributed by atoms with Gasteiger partial charge in [0.25, 0.3) is 0 Å². The Morgan fingerprint density at radius 2 is 1.80 bits per heavy atom. The van der Waals surface area contributed by atoms with Crippen LogP contribution in [0.5, 0.6) is 0 Å². The molecule has 136 valence electrons. The normalized spacial score (nSPS) is 28.6. The largest absolute Gasteiger partial charge is 0.342 e. The molecule has 4 heterocycles. The molecular weight excluding hydrogens is 314 g/mol. The number of carbonyl (C=O) groups is 1. The van der Waals surface area contributed by atoms with E-state index in [-0.39, 0.29) is 11.5 Å². The first kappa shape index (κ1) is 16.8. The molecule has 0 aromatic carbocycles. The topological polar surface area (TPSA) is 56.4 Å². The van der Waals surface area contributed by atoms with E-state index in [9.17, 15) is 9.59 Å². The average Bonchev–Trinajstić information content (AvgIpc) is 2.67. The van der Waals surface area contributed by atoms with Crippen LogP contribution < -0.4 is 5.56 Å². The number of pyridine rings is 1. The molecule has 1 amide bonds. The van der Waals surface area contributed by atoms with Gasteiger partial charge in [-0.1, -0.05) is 6.42 Å². The number of nitrogens with one attached hydrogen (secondary N) is 1. The quantitative estimate of drug-likeness (QED) is 0.897. The number of hydrogen-bond acceptors (Lipinski definition) is 3. The Morgan fingerprint density at radius 1 is 1.00 bits per heavy atom. The Bertz CT molecular complexity index is 661. The lowest BCUT2D eigenvalue weighted by atomic mass is 9.82. The van der Waals surface area contributed by atoms with Gasteiger partial charge in [-0.05, 0) is 69.2 Å². The second kappa shape index (κ2) is 7.32. The molecule has 1 N–H and O–H groups in total. The van der Waals surface area contributed by atoms with Crippen molar-refractivity contribution < 1.29 is 4.79 Å². The first-order chi connectivity index (χ1) is 12.2. The maximum absolute atomic E-state index is 13.1. The van der Waals surface area contributed by atoms with Crippen LogP contribution in [-0.4, -0.2) is 52.9 Å². The number of aromatic amines is 1. The molecule has 1 aromatic rings. The number of amides is 1. The Labute approximate surface area is 149 Å². The van der Waals surface area contributed by atoms with Gasteiger partial charge in [0.15, 0.2) is 0 Å². The summed E-state index contributed by atoms with van der Waals surface area (Å²) >= 11 is 0. The summed E-state index contributed by atoms with van der Waals surface area (Å²) in [5.41, 5.74) is 1.09. The minimum atomic E-state index is -0.0319. The van der Waals surface area contributed by atoms with E-state index in [1.165, 1.54) is 32.4 Å². The average molecular weight is 343 g/mol. The van der Waals surface area contributed by atoms with Crippen LogP contribution in [0.1, 0.15) is 56.4 Å². The standard InChI is InChI=1S/C20H29N3O2/c24-19-14-16(6-9-21-19)15-7-12-23(13-8-15)20(25)17-4-3-11-22-10-2-1-5-18(17)22/h6,9,14-15,17-18H,1-5,7-8,10-13H2,(H,21,24)/t17-,18-/m1/s1. The van der Waals surface area contributed by atoms with Crippen molar-refractivity contribution in [3.05, 3.63) is 34.2 Å². The molecule has 2 atom stereocenters. The fourth-order valence-electron chi connectivity index (χ4n) is 5.13. The monoisotopic (exact) mass is 343 g/mol. The van der Waals surface area contributed by atoms with E-state index in [1.807, 2.05) is 6.07 Å². The van der Waals surface area contributed by atoms with Crippen molar-refractivity contribution in [2.75, 3.05) is 26.2 Å². The predicted molar refractivity (Wildman–Crippen MR) is 97.6 cm³/mol. The van der Waals surface area contributed by atoms with Crippen LogP contribution in [0.15, 0.2) is 23.1 Å². The van der Waals surface area contributed by atoms with Crippen LogP contribution in [0, 0.1) is 5.92 Å². The van der Waals surface area contributed by atoms with Crippen molar-refractivity contribution in [3.8, 4) is 0 Å². The molecule has 0 aliphatic carbocycles. The van der Waals surface area contributed by atoms with Crippen LogP contribution in [0.2, 0.25) is 0 Å². The second-order valence-corrected chi connectivity index (χ2v) is 7.93. The lowest BCUT2D eigenvalue weighted by Crippen LogP contribution is -2.54. The van der Waals surface area contributed by atoms with Gasteiger partial charge in [0, 0.05) is 31.4 Å². The highest BCUT2D eigenvalue weighted by molar-refractivity contribution is 5.80. The second-order valence-electron chi connectivity index (χ2n) is 7.93. The molecule has 3 aliphatic heterocycles. The van der Waals surface area contributed by atoms with Gasteiger partial charge in [0.1, 0.15) is 0 Å². The first-order valence-electron chi connectivity index (χ1n) is 9.94. The minimum absolute atomic E-state index is 0.0319. The van der Waals surface area contributed by atoms with Crippen molar-refractivity contribution >= 4 is 5.91 Å². The van der Waals surface area contributed by atoms with E-state index in [1.54, 1.807) is 12.3 Å².